The average molecular weight is 240 g/mol. The zero-order chi connectivity index (χ0) is 12.0. The summed E-state index contributed by atoms with van der Waals surface area (Å²) in [5, 5.41) is 11.8. The third-order valence-corrected chi connectivity index (χ3v) is 4.23. The molecule has 0 unspecified atom stereocenters. The Balaban J connectivity index is 2.47. The minimum Gasteiger partial charge on any atom is -0.335 e. The molecule has 2 nitrogen and oxygen atoms in total. The zero-order valence-electron chi connectivity index (χ0n) is 9.77. The Bertz CT molecular complexity index is 741. The maximum Gasteiger partial charge on any atom is 0.138 e. The van der Waals surface area contributed by atoms with Crippen molar-refractivity contribution in [2.75, 3.05) is 0 Å². The number of nitriles is 1. The standard InChI is InChI=1S/C14H12N2S/c1-9(2)16-8-11-10-5-3-4-6-13(10)17-14(11)12(16)7-15/h3-6,8-9H,1-2H3. The van der Waals surface area contributed by atoms with Gasteiger partial charge in [-0.05, 0) is 19.9 Å². The van der Waals surface area contributed by atoms with E-state index in [0.717, 1.165) is 10.4 Å². The van der Waals surface area contributed by atoms with Gasteiger partial charge in [0.15, 0.2) is 0 Å². The molecule has 0 amide bonds. The van der Waals surface area contributed by atoms with E-state index in [1.807, 2.05) is 12.1 Å². The lowest BCUT2D eigenvalue weighted by Gasteiger charge is -2.07. The molecule has 1 aromatic carbocycles. The van der Waals surface area contributed by atoms with E-state index in [2.05, 4.69) is 42.8 Å². The molecule has 0 atom stereocenters. The first-order valence-corrected chi connectivity index (χ1v) is 6.46. The number of fused-ring (bicyclic) bond motifs is 3. The summed E-state index contributed by atoms with van der Waals surface area (Å²) in [5.74, 6) is 0. The first-order chi connectivity index (χ1) is 8.22. The molecule has 3 heteroatoms. The van der Waals surface area contributed by atoms with Crippen LogP contribution in [0.15, 0.2) is 30.5 Å². The Morgan fingerprint density at radius 1 is 1.24 bits per heavy atom. The second-order valence-electron chi connectivity index (χ2n) is 4.43. The second-order valence-corrected chi connectivity index (χ2v) is 5.48. The van der Waals surface area contributed by atoms with Gasteiger partial charge >= 0.3 is 0 Å². The van der Waals surface area contributed by atoms with Crippen molar-refractivity contribution in [3.63, 3.8) is 0 Å². The van der Waals surface area contributed by atoms with E-state index in [4.69, 9.17) is 0 Å². The SMILES string of the molecule is CC(C)n1cc2c(sc3ccccc32)c1C#N. The van der Waals surface area contributed by atoms with Gasteiger partial charge in [0.25, 0.3) is 0 Å². The van der Waals surface area contributed by atoms with Crippen LogP contribution in [-0.2, 0) is 0 Å². The maximum atomic E-state index is 9.32. The van der Waals surface area contributed by atoms with Crippen LogP contribution in [0.3, 0.4) is 0 Å². The summed E-state index contributed by atoms with van der Waals surface area (Å²) in [6.07, 6.45) is 2.11. The van der Waals surface area contributed by atoms with E-state index >= 15 is 0 Å². The van der Waals surface area contributed by atoms with E-state index in [-0.39, 0.29) is 0 Å². The predicted octanol–water partition coefficient (Wildman–Crippen LogP) is 4.31. The van der Waals surface area contributed by atoms with Crippen molar-refractivity contribution in [1.29, 1.82) is 5.26 Å². The van der Waals surface area contributed by atoms with Gasteiger partial charge in [-0.25, -0.2) is 0 Å². The maximum absolute atomic E-state index is 9.32. The third-order valence-electron chi connectivity index (χ3n) is 3.04. The van der Waals surface area contributed by atoms with Crippen molar-refractivity contribution in [3.05, 3.63) is 36.2 Å². The molecular formula is C14H12N2S. The Labute approximate surface area is 104 Å². The van der Waals surface area contributed by atoms with Crippen LogP contribution in [0.25, 0.3) is 20.2 Å². The van der Waals surface area contributed by atoms with Crippen LogP contribution in [0, 0.1) is 11.3 Å². The number of benzene rings is 1. The highest BCUT2D eigenvalue weighted by molar-refractivity contribution is 7.26. The summed E-state index contributed by atoms with van der Waals surface area (Å²) in [5.41, 5.74) is 0.788. The Hall–Kier alpha value is -1.79. The normalized spacial score (nSPS) is 11.4. The minimum absolute atomic E-state index is 0.322. The molecule has 84 valence electrons. The topological polar surface area (TPSA) is 28.7 Å². The fourth-order valence-corrected chi connectivity index (χ4v) is 3.38. The summed E-state index contributed by atoms with van der Waals surface area (Å²) in [7, 11) is 0. The number of hydrogen-bond acceptors (Lipinski definition) is 2. The molecule has 0 radical (unpaired) electrons. The Morgan fingerprint density at radius 2 is 2.00 bits per heavy atom. The van der Waals surface area contributed by atoms with Crippen molar-refractivity contribution in [2.24, 2.45) is 0 Å². The van der Waals surface area contributed by atoms with Crippen LogP contribution < -0.4 is 0 Å². The molecule has 2 heterocycles. The van der Waals surface area contributed by atoms with Crippen LogP contribution in [-0.4, -0.2) is 4.57 Å². The van der Waals surface area contributed by atoms with Crippen molar-refractivity contribution >= 4 is 31.5 Å². The first-order valence-electron chi connectivity index (χ1n) is 5.64. The van der Waals surface area contributed by atoms with Gasteiger partial charge in [0.05, 0.1) is 4.70 Å². The second kappa shape index (κ2) is 3.61. The van der Waals surface area contributed by atoms with Gasteiger partial charge < -0.3 is 4.57 Å². The molecule has 0 bridgehead atoms. The van der Waals surface area contributed by atoms with Gasteiger partial charge in [0.1, 0.15) is 11.8 Å². The number of thiophene rings is 1. The smallest absolute Gasteiger partial charge is 0.138 e. The minimum atomic E-state index is 0.322. The van der Waals surface area contributed by atoms with Crippen LogP contribution in [0.5, 0.6) is 0 Å². The quantitative estimate of drug-likeness (QED) is 0.623. The van der Waals surface area contributed by atoms with E-state index < -0.39 is 0 Å². The van der Waals surface area contributed by atoms with E-state index in [0.29, 0.717) is 6.04 Å². The largest absolute Gasteiger partial charge is 0.335 e. The lowest BCUT2D eigenvalue weighted by Crippen LogP contribution is -2.00. The first kappa shape index (κ1) is 10.4. The van der Waals surface area contributed by atoms with E-state index in [1.165, 1.54) is 15.5 Å². The highest BCUT2D eigenvalue weighted by atomic mass is 32.1. The van der Waals surface area contributed by atoms with E-state index in [9.17, 15) is 5.26 Å². The van der Waals surface area contributed by atoms with Gasteiger partial charge in [0.2, 0.25) is 0 Å². The molecule has 0 aliphatic rings. The Morgan fingerprint density at radius 3 is 2.71 bits per heavy atom. The van der Waals surface area contributed by atoms with Crippen molar-refractivity contribution in [2.45, 2.75) is 19.9 Å². The number of aromatic nitrogens is 1. The number of nitrogens with zero attached hydrogens (tertiary/aromatic N) is 2. The Kier molecular flexibility index (Phi) is 2.20. The highest BCUT2D eigenvalue weighted by Crippen LogP contribution is 2.37. The van der Waals surface area contributed by atoms with Crippen LogP contribution in [0.2, 0.25) is 0 Å². The predicted molar refractivity (Wildman–Crippen MR) is 72.4 cm³/mol. The molecule has 17 heavy (non-hydrogen) atoms. The molecular weight excluding hydrogens is 228 g/mol. The summed E-state index contributed by atoms with van der Waals surface area (Å²) in [4.78, 5) is 0. The molecule has 0 aliphatic heterocycles. The van der Waals surface area contributed by atoms with Crippen molar-refractivity contribution in [3.8, 4) is 6.07 Å². The monoisotopic (exact) mass is 240 g/mol. The van der Waals surface area contributed by atoms with Crippen LogP contribution in [0.4, 0.5) is 0 Å². The van der Waals surface area contributed by atoms with Crippen LogP contribution >= 0.6 is 11.3 Å². The third kappa shape index (κ3) is 1.38. The van der Waals surface area contributed by atoms with Gasteiger partial charge in [-0.1, -0.05) is 18.2 Å². The molecule has 0 fully saturated rings. The van der Waals surface area contributed by atoms with Crippen LogP contribution in [0.1, 0.15) is 25.6 Å². The van der Waals surface area contributed by atoms with Gasteiger partial charge in [0, 0.05) is 27.7 Å². The molecule has 0 aliphatic carbocycles. The summed E-state index contributed by atoms with van der Waals surface area (Å²) < 4.78 is 4.43. The van der Waals surface area contributed by atoms with Gasteiger partial charge in [-0.2, -0.15) is 5.26 Å². The summed E-state index contributed by atoms with van der Waals surface area (Å²) in [6.45, 7) is 4.21. The molecule has 3 aromatic rings. The van der Waals surface area contributed by atoms with Gasteiger partial charge in [-0.3, -0.25) is 0 Å². The lowest BCUT2D eigenvalue weighted by molar-refractivity contribution is 0.600. The van der Waals surface area contributed by atoms with Gasteiger partial charge in [-0.15, -0.1) is 11.3 Å². The average Bonchev–Trinajstić information content (AvgIpc) is 2.83. The fraction of sp³-hybridized carbons (Fsp3) is 0.214. The summed E-state index contributed by atoms with van der Waals surface area (Å²) in [6, 6.07) is 11.0. The number of hydrogen-bond donors (Lipinski definition) is 0. The zero-order valence-corrected chi connectivity index (χ0v) is 10.6. The van der Waals surface area contributed by atoms with E-state index in [1.54, 1.807) is 11.3 Å². The summed E-state index contributed by atoms with van der Waals surface area (Å²) >= 11 is 1.71. The van der Waals surface area contributed by atoms with Crippen molar-refractivity contribution in [1.82, 2.24) is 4.57 Å². The van der Waals surface area contributed by atoms with Crippen molar-refractivity contribution < 1.29 is 0 Å². The molecule has 0 N–H and O–H groups in total. The lowest BCUT2D eigenvalue weighted by atomic mass is 10.2. The molecule has 3 rings (SSSR count). The molecule has 0 saturated heterocycles. The fourth-order valence-electron chi connectivity index (χ4n) is 2.21. The number of rotatable bonds is 1. The molecule has 0 saturated carbocycles. The highest BCUT2D eigenvalue weighted by Gasteiger charge is 2.15. The molecule has 0 spiro atoms. The molecule has 2 aromatic heterocycles.